The zero-order valence-electron chi connectivity index (χ0n) is 4.32. The highest BCUT2D eigenvalue weighted by atomic mass is 127. The van der Waals surface area contributed by atoms with Crippen LogP contribution >= 0.6 is 38.5 Å². The highest BCUT2D eigenvalue weighted by Crippen LogP contribution is 2.11. The summed E-state index contributed by atoms with van der Waals surface area (Å²) in [4.78, 5) is 13.3. The molecule has 48 valence electrons. The topological polar surface area (TPSA) is 32.9 Å². The number of nitrogens with one attached hydrogen (secondary N) is 1. The Balaban J connectivity index is 3.43. The summed E-state index contributed by atoms with van der Waals surface area (Å²) in [7, 11) is 0. The molecule has 0 atom stereocenters. The van der Waals surface area contributed by atoms with Gasteiger partial charge in [0, 0.05) is 9.77 Å². The molecule has 0 bridgehead atoms. The van der Waals surface area contributed by atoms with Gasteiger partial charge < -0.3 is 4.98 Å². The Morgan fingerprint density at radius 2 is 2.33 bits per heavy atom. The van der Waals surface area contributed by atoms with Gasteiger partial charge in [-0.25, -0.2) is 0 Å². The van der Waals surface area contributed by atoms with Crippen molar-refractivity contribution in [3.05, 3.63) is 30.7 Å². The number of aromatic nitrogens is 1. The Morgan fingerprint density at radius 3 is 2.78 bits per heavy atom. The molecule has 1 N–H and O–H groups in total. The van der Waals surface area contributed by atoms with Crippen molar-refractivity contribution in [2.45, 2.75) is 0 Å². The molecular formula is C5H3BrINO. The molecule has 0 spiro atoms. The SMILES string of the molecule is O=c1[nH]ccc(I)c1Br. The molecule has 0 fully saturated rings. The number of halogens is 2. The maximum Gasteiger partial charge on any atom is 0.263 e. The Kier molecular flexibility index (Phi) is 2.29. The van der Waals surface area contributed by atoms with Crippen molar-refractivity contribution in [3.63, 3.8) is 0 Å². The summed E-state index contributed by atoms with van der Waals surface area (Å²) in [6.07, 6.45) is 1.62. The van der Waals surface area contributed by atoms with Crippen LogP contribution in [-0.4, -0.2) is 4.98 Å². The van der Waals surface area contributed by atoms with Crippen LogP contribution in [-0.2, 0) is 0 Å². The van der Waals surface area contributed by atoms with Crippen molar-refractivity contribution < 1.29 is 0 Å². The van der Waals surface area contributed by atoms with E-state index in [1.807, 2.05) is 6.07 Å². The molecule has 2 nitrogen and oxygen atoms in total. The molecule has 4 heteroatoms. The molecule has 0 saturated carbocycles. The Hall–Kier alpha value is 0.160. The van der Waals surface area contributed by atoms with Gasteiger partial charge in [-0.15, -0.1) is 0 Å². The second-order valence-corrected chi connectivity index (χ2v) is 3.42. The van der Waals surface area contributed by atoms with Crippen molar-refractivity contribution in [1.82, 2.24) is 4.98 Å². The first kappa shape index (κ1) is 7.27. The number of rotatable bonds is 0. The molecule has 0 radical (unpaired) electrons. The molecule has 0 aromatic carbocycles. The van der Waals surface area contributed by atoms with Gasteiger partial charge in [0.05, 0.1) is 4.47 Å². The summed E-state index contributed by atoms with van der Waals surface area (Å²) in [6, 6.07) is 1.83. The molecule has 1 heterocycles. The second-order valence-electron chi connectivity index (χ2n) is 1.47. The van der Waals surface area contributed by atoms with E-state index in [1.165, 1.54) is 0 Å². The first-order valence-electron chi connectivity index (χ1n) is 2.24. The van der Waals surface area contributed by atoms with Crippen LogP contribution in [0.4, 0.5) is 0 Å². The van der Waals surface area contributed by atoms with E-state index in [0.717, 1.165) is 3.57 Å². The van der Waals surface area contributed by atoms with Gasteiger partial charge in [0.15, 0.2) is 0 Å². The van der Waals surface area contributed by atoms with Gasteiger partial charge >= 0.3 is 0 Å². The molecule has 0 amide bonds. The summed E-state index contributed by atoms with van der Waals surface area (Å²) < 4.78 is 1.53. The van der Waals surface area contributed by atoms with Crippen LogP contribution in [0.3, 0.4) is 0 Å². The lowest BCUT2D eigenvalue weighted by molar-refractivity contribution is 1.20. The first-order valence-corrected chi connectivity index (χ1v) is 4.11. The standard InChI is InChI=1S/C5H3BrINO/c6-4-3(7)1-2-8-5(4)9/h1-2H,(H,8,9). The lowest BCUT2D eigenvalue weighted by Crippen LogP contribution is -2.05. The van der Waals surface area contributed by atoms with Gasteiger partial charge in [0.1, 0.15) is 0 Å². The van der Waals surface area contributed by atoms with Crippen molar-refractivity contribution in [2.24, 2.45) is 0 Å². The number of hydrogen-bond donors (Lipinski definition) is 1. The van der Waals surface area contributed by atoms with Crippen molar-refractivity contribution in [2.75, 3.05) is 0 Å². The predicted molar refractivity (Wildman–Crippen MR) is 47.5 cm³/mol. The summed E-state index contributed by atoms with van der Waals surface area (Å²) >= 11 is 5.21. The Morgan fingerprint density at radius 1 is 1.67 bits per heavy atom. The zero-order chi connectivity index (χ0) is 6.85. The lowest BCUT2D eigenvalue weighted by Gasteiger charge is -1.89. The number of hydrogen-bond acceptors (Lipinski definition) is 1. The van der Waals surface area contributed by atoms with E-state index in [-0.39, 0.29) is 5.56 Å². The maximum atomic E-state index is 10.7. The molecule has 9 heavy (non-hydrogen) atoms. The fourth-order valence-corrected chi connectivity index (χ4v) is 1.11. The Bertz CT molecular complexity index is 270. The van der Waals surface area contributed by atoms with Crippen LogP contribution in [0.5, 0.6) is 0 Å². The molecule has 0 unspecified atom stereocenters. The minimum atomic E-state index is -0.0816. The molecule has 0 aliphatic rings. The first-order chi connectivity index (χ1) is 4.22. The van der Waals surface area contributed by atoms with Crippen LogP contribution < -0.4 is 5.56 Å². The quantitative estimate of drug-likeness (QED) is 0.727. The van der Waals surface area contributed by atoms with E-state index in [1.54, 1.807) is 6.20 Å². The van der Waals surface area contributed by atoms with Crippen LogP contribution in [0.2, 0.25) is 0 Å². The minimum absolute atomic E-state index is 0.0816. The van der Waals surface area contributed by atoms with E-state index in [0.29, 0.717) is 4.47 Å². The van der Waals surface area contributed by atoms with Gasteiger partial charge in [-0.2, -0.15) is 0 Å². The summed E-state index contributed by atoms with van der Waals surface area (Å²) in [5, 5.41) is 0. The van der Waals surface area contributed by atoms with Crippen molar-refractivity contribution in [3.8, 4) is 0 Å². The van der Waals surface area contributed by atoms with Gasteiger partial charge in [0.25, 0.3) is 5.56 Å². The van der Waals surface area contributed by atoms with Gasteiger partial charge in [0.2, 0.25) is 0 Å². The summed E-state index contributed by atoms with van der Waals surface area (Å²) in [5.74, 6) is 0. The van der Waals surface area contributed by atoms with E-state index < -0.39 is 0 Å². The monoisotopic (exact) mass is 299 g/mol. The van der Waals surface area contributed by atoms with E-state index in [4.69, 9.17) is 0 Å². The summed E-state index contributed by atoms with van der Waals surface area (Å²) in [5.41, 5.74) is -0.0816. The van der Waals surface area contributed by atoms with Crippen molar-refractivity contribution >= 4 is 38.5 Å². The third-order valence-electron chi connectivity index (χ3n) is 0.853. The van der Waals surface area contributed by atoms with Crippen LogP contribution in [0.25, 0.3) is 0 Å². The van der Waals surface area contributed by atoms with Crippen LogP contribution in [0.1, 0.15) is 0 Å². The normalized spacial score (nSPS) is 9.56. The molecule has 0 aliphatic carbocycles. The smallest absolute Gasteiger partial charge is 0.263 e. The fourth-order valence-electron chi connectivity index (χ4n) is 0.436. The average molecular weight is 300 g/mol. The molecule has 1 aromatic heterocycles. The number of aromatic amines is 1. The molecule has 0 aliphatic heterocycles. The third kappa shape index (κ3) is 1.54. The van der Waals surface area contributed by atoms with Gasteiger partial charge in [-0.3, -0.25) is 4.79 Å². The van der Waals surface area contributed by atoms with Crippen LogP contribution in [0, 0.1) is 3.57 Å². The largest absolute Gasteiger partial charge is 0.328 e. The zero-order valence-corrected chi connectivity index (χ0v) is 8.06. The average Bonchev–Trinajstić information content (AvgIpc) is 1.83. The number of pyridine rings is 1. The van der Waals surface area contributed by atoms with Gasteiger partial charge in [-0.05, 0) is 44.6 Å². The highest BCUT2D eigenvalue weighted by molar-refractivity contribution is 14.1. The van der Waals surface area contributed by atoms with Crippen LogP contribution in [0.15, 0.2) is 21.5 Å². The fraction of sp³-hybridized carbons (Fsp3) is 0. The van der Waals surface area contributed by atoms with E-state index in [9.17, 15) is 4.79 Å². The van der Waals surface area contributed by atoms with Crippen molar-refractivity contribution in [1.29, 1.82) is 0 Å². The predicted octanol–water partition coefficient (Wildman–Crippen LogP) is 1.74. The summed E-state index contributed by atoms with van der Waals surface area (Å²) in [6.45, 7) is 0. The van der Waals surface area contributed by atoms with E-state index in [2.05, 4.69) is 43.5 Å². The van der Waals surface area contributed by atoms with Gasteiger partial charge in [-0.1, -0.05) is 0 Å². The minimum Gasteiger partial charge on any atom is -0.328 e. The maximum absolute atomic E-state index is 10.7. The number of H-pyrrole nitrogens is 1. The lowest BCUT2D eigenvalue weighted by atomic mass is 10.5. The second kappa shape index (κ2) is 2.83. The molecule has 1 aromatic rings. The highest BCUT2D eigenvalue weighted by Gasteiger charge is 1.96. The molecule has 0 saturated heterocycles. The third-order valence-corrected chi connectivity index (χ3v) is 3.28. The Labute approximate surface area is 73.9 Å². The van der Waals surface area contributed by atoms with E-state index >= 15 is 0 Å². The molecular weight excluding hydrogens is 297 g/mol. The molecule has 1 rings (SSSR count).